The lowest BCUT2D eigenvalue weighted by molar-refractivity contribution is 0.551. The molecule has 0 unspecified atom stereocenters. The Morgan fingerprint density at radius 1 is 0.944 bits per heavy atom. The highest BCUT2D eigenvalue weighted by molar-refractivity contribution is 9.09. The van der Waals surface area contributed by atoms with E-state index in [2.05, 4.69) is 27.3 Å². The summed E-state index contributed by atoms with van der Waals surface area (Å²) in [6.07, 6.45) is 0. The van der Waals surface area contributed by atoms with Crippen LogP contribution in [-0.2, 0) is 5.54 Å². The van der Waals surface area contributed by atoms with Gasteiger partial charge >= 0.3 is 0 Å². The second-order valence-electron chi connectivity index (χ2n) is 3.90. The molecular formula is C15H13BrN2. The van der Waals surface area contributed by atoms with Crippen molar-refractivity contribution in [3.63, 3.8) is 0 Å². The van der Waals surface area contributed by atoms with E-state index in [0.717, 1.165) is 11.1 Å². The molecule has 0 atom stereocenters. The van der Waals surface area contributed by atoms with Crippen molar-refractivity contribution in [2.75, 3.05) is 5.45 Å². The zero-order valence-electron chi connectivity index (χ0n) is 9.81. The number of nitrogens with one attached hydrogen (secondary N) is 1. The van der Waals surface area contributed by atoms with Gasteiger partial charge in [-0.15, -0.1) is 0 Å². The summed E-state index contributed by atoms with van der Waals surface area (Å²) in [6.45, 7) is 0. The molecule has 1 N–H and O–H groups in total. The van der Waals surface area contributed by atoms with Crippen LogP contribution in [0.3, 0.4) is 0 Å². The number of benzene rings is 2. The molecule has 0 aliphatic heterocycles. The van der Waals surface area contributed by atoms with Crippen molar-refractivity contribution in [1.29, 1.82) is 5.26 Å². The zero-order chi connectivity index (χ0) is 12.8. The second kappa shape index (κ2) is 5.81. The summed E-state index contributed by atoms with van der Waals surface area (Å²) in [7, 11) is 0. The smallest absolute Gasteiger partial charge is 0.158 e. The average molecular weight is 301 g/mol. The molecule has 0 aliphatic carbocycles. The number of hydrogen-bond acceptors (Lipinski definition) is 2. The molecule has 0 spiro atoms. The maximum Gasteiger partial charge on any atom is 0.158 e. The Balaban J connectivity index is 2.58. The summed E-state index contributed by atoms with van der Waals surface area (Å²) in [5.41, 5.74) is 1.62. The van der Waals surface area contributed by atoms with E-state index in [-0.39, 0.29) is 0 Å². The first-order valence-corrected chi connectivity index (χ1v) is 6.79. The van der Waals surface area contributed by atoms with E-state index in [0.29, 0.717) is 5.45 Å². The molecule has 2 aromatic carbocycles. The van der Waals surface area contributed by atoms with Gasteiger partial charge < -0.3 is 0 Å². The highest BCUT2D eigenvalue weighted by Crippen LogP contribution is 2.29. The molecule has 0 amide bonds. The minimum absolute atomic E-state index is 0.546. The summed E-state index contributed by atoms with van der Waals surface area (Å²) < 4.78 is 0. The van der Waals surface area contributed by atoms with Crippen LogP contribution in [0.1, 0.15) is 11.1 Å². The van der Waals surface area contributed by atoms with Crippen LogP contribution in [0.2, 0.25) is 0 Å². The topological polar surface area (TPSA) is 35.8 Å². The fourth-order valence-corrected chi connectivity index (χ4v) is 2.44. The first-order chi connectivity index (χ1) is 8.83. The van der Waals surface area contributed by atoms with Gasteiger partial charge in [0.25, 0.3) is 0 Å². The fraction of sp³-hybridized carbons (Fsp3) is 0.133. The first kappa shape index (κ1) is 12.8. The third kappa shape index (κ3) is 2.31. The van der Waals surface area contributed by atoms with E-state index in [1.807, 2.05) is 60.7 Å². The summed E-state index contributed by atoms with van der Waals surface area (Å²) in [5, 5.41) is 12.9. The lowest BCUT2D eigenvalue weighted by atomic mass is 9.84. The van der Waals surface area contributed by atoms with E-state index in [9.17, 15) is 5.26 Å². The lowest BCUT2D eigenvalue weighted by Gasteiger charge is -2.28. The van der Waals surface area contributed by atoms with Crippen molar-refractivity contribution < 1.29 is 0 Å². The van der Waals surface area contributed by atoms with Crippen LogP contribution in [0.15, 0.2) is 60.7 Å². The molecule has 0 saturated carbocycles. The zero-order valence-corrected chi connectivity index (χ0v) is 11.4. The molecular weight excluding hydrogens is 288 g/mol. The second-order valence-corrected chi connectivity index (χ2v) is 4.46. The van der Waals surface area contributed by atoms with Crippen molar-refractivity contribution in [2.24, 2.45) is 0 Å². The van der Waals surface area contributed by atoms with E-state index >= 15 is 0 Å². The van der Waals surface area contributed by atoms with E-state index in [4.69, 9.17) is 0 Å². The fourth-order valence-electron chi connectivity index (χ4n) is 2.02. The molecule has 0 bridgehead atoms. The minimum Gasteiger partial charge on any atom is -0.282 e. The van der Waals surface area contributed by atoms with E-state index in [1.54, 1.807) is 0 Å². The van der Waals surface area contributed by atoms with E-state index in [1.165, 1.54) is 0 Å². The van der Waals surface area contributed by atoms with Gasteiger partial charge in [0.2, 0.25) is 0 Å². The summed E-state index contributed by atoms with van der Waals surface area (Å²) in [6, 6.07) is 21.9. The van der Waals surface area contributed by atoms with Crippen molar-refractivity contribution in [2.45, 2.75) is 5.54 Å². The normalized spacial score (nSPS) is 10.9. The Labute approximate surface area is 115 Å². The van der Waals surface area contributed by atoms with Gasteiger partial charge in [0.05, 0.1) is 11.5 Å². The van der Waals surface area contributed by atoms with Gasteiger partial charge in [0, 0.05) is 0 Å². The van der Waals surface area contributed by atoms with Crippen molar-refractivity contribution in [3.05, 3.63) is 71.8 Å². The molecule has 0 aliphatic rings. The highest BCUT2D eigenvalue weighted by atomic mass is 79.9. The van der Waals surface area contributed by atoms with Gasteiger partial charge in [-0.25, -0.2) is 0 Å². The van der Waals surface area contributed by atoms with Gasteiger partial charge in [-0.3, -0.25) is 5.32 Å². The van der Waals surface area contributed by atoms with Gasteiger partial charge in [0.15, 0.2) is 5.54 Å². The molecule has 0 aromatic heterocycles. The first-order valence-electron chi connectivity index (χ1n) is 5.67. The van der Waals surface area contributed by atoms with Crippen LogP contribution in [0.4, 0.5) is 0 Å². The molecule has 18 heavy (non-hydrogen) atoms. The maximum absolute atomic E-state index is 9.68. The third-order valence-electron chi connectivity index (χ3n) is 2.91. The Kier molecular flexibility index (Phi) is 4.14. The standard InChI is InChI=1S/C15H13BrN2/c16-12-18-15(11-17,13-7-3-1-4-8-13)14-9-5-2-6-10-14/h1-10,18H,12H2. The predicted molar refractivity (Wildman–Crippen MR) is 76.2 cm³/mol. The van der Waals surface area contributed by atoms with Crippen molar-refractivity contribution >= 4 is 15.9 Å². The quantitative estimate of drug-likeness (QED) is 0.694. The van der Waals surface area contributed by atoms with Crippen molar-refractivity contribution in [1.82, 2.24) is 5.32 Å². The molecule has 2 rings (SSSR count). The van der Waals surface area contributed by atoms with Gasteiger partial charge in [-0.05, 0) is 11.1 Å². The Morgan fingerprint density at radius 2 is 1.39 bits per heavy atom. The number of rotatable bonds is 4. The van der Waals surface area contributed by atoms with Crippen LogP contribution in [-0.4, -0.2) is 5.45 Å². The summed E-state index contributed by atoms with van der Waals surface area (Å²) in [5.74, 6) is 0. The molecule has 3 heteroatoms. The SMILES string of the molecule is N#CC(NCBr)(c1ccccc1)c1ccccc1. The molecule has 0 fully saturated rings. The molecule has 2 nitrogen and oxygen atoms in total. The lowest BCUT2D eigenvalue weighted by Crippen LogP contribution is -2.41. The number of alkyl halides is 1. The number of nitriles is 1. The number of nitrogens with zero attached hydrogens (tertiary/aromatic N) is 1. The Hall–Kier alpha value is -1.63. The molecule has 0 radical (unpaired) electrons. The largest absolute Gasteiger partial charge is 0.282 e. The summed E-state index contributed by atoms with van der Waals surface area (Å²) >= 11 is 3.36. The Morgan fingerprint density at radius 3 is 1.72 bits per heavy atom. The number of hydrogen-bond donors (Lipinski definition) is 1. The van der Waals surface area contributed by atoms with Gasteiger partial charge in [-0.2, -0.15) is 5.26 Å². The molecule has 0 heterocycles. The predicted octanol–water partition coefficient (Wildman–Crippen LogP) is 3.40. The minimum atomic E-state index is -0.813. The number of halogens is 1. The maximum atomic E-state index is 9.68. The van der Waals surface area contributed by atoms with Gasteiger partial charge in [0.1, 0.15) is 0 Å². The van der Waals surface area contributed by atoms with Crippen LogP contribution in [0, 0.1) is 11.3 Å². The average Bonchev–Trinajstić information content (AvgIpc) is 2.47. The van der Waals surface area contributed by atoms with Crippen molar-refractivity contribution in [3.8, 4) is 6.07 Å². The van der Waals surface area contributed by atoms with Crippen LogP contribution >= 0.6 is 15.9 Å². The Bertz CT molecular complexity index is 492. The van der Waals surface area contributed by atoms with Crippen LogP contribution < -0.4 is 5.32 Å². The van der Waals surface area contributed by atoms with E-state index < -0.39 is 5.54 Å². The summed E-state index contributed by atoms with van der Waals surface area (Å²) in [4.78, 5) is 0. The monoisotopic (exact) mass is 300 g/mol. The highest BCUT2D eigenvalue weighted by Gasteiger charge is 2.33. The molecule has 2 aromatic rings. The van der Waals surface area contributed by atoms with Crippen LogP contribution in [0.25, 0.3) is 0 Å². The van der Waals surface area contributed by atoms with Gasteiger partial charge in [-0.1, -0.05) is 76.6 Å². The van der Waals surface area contributed by atoms with Crippen LogP contribution in [0.5, 0.6) is 0 Å². The molecule has 90 valence electrons. The third-order valence-corrected chi connectivity index (χ3v) is 3.19. The molecule has 0 saturated heterocycles.